The second-order valence-electron chi connectivity index (χ2n) is 7.12. The first-order valence-corrected chi connectivity index (χ1v) is 10.8. The molecule has 1 amide bonds. The molecule has 2 aliphatic heterocycles. The van der Waals surface area contributed by atoms with E-state index in [0.717, 1.165) is 19.3 Å². The molecular formula is C21H21FN2O3S. The van der Waals surface area contributed by atoms with Crippen molar-refractivity contribution in [2.75, 3.05) is 18.0 Å². The number of hydrogen-bond donors (Lipinski definition) is 0. The molecule has 0 bridgehead atoms. The summed E-state index contributed by atoms with van der Waals surface area (Å²) in [5.41, 5.74) is 1.50. The Hall–Kier alpha value is -2.67. The second kappa shape index (κ2) is 7.05. The molecule has 5 nitrogen and oxygen atoms in total. The van der Waals surface area contributed by atoms with Crippen LogP contribution < -0.4 is 4.90 Å². The van der Waals surface area contributed by atoms with Crippen LogP contribution in [0.25, 0.3) is 0 Å². The Kier molecular flexibility index (Phi) is 4.71. The predicted octanol–water partition coefficient (Wildman–Crippen LogP) is 3.91. The molecule has 2 aromatic carbocycles. The summed E-state index contributed by atoms with van der Waals surface area (Å²) < 4.78 is 40.1. The lowest BCUT2D eigenvalue weighted by molar-refractivity contribution is -0.127. The third-order valence-electron chi connectivity index (χ3n) is 5.22. The molecule has 146 valence electrons. The van der Waals surface area contributed by atoms with Gasteiger partial charge in [-0.2, -0.15) is 0 Å². The number of hydrogen-bond acceptors (Lipinski definition) is 4. The number of likely N-dealkylation sites (tertiary alicyclic amines) is 1. The van der Waals surface area contributed by atoms with Crippen LogP contribution in [0.5, 0.6) is 0 Å². The van der Waals surface area contributed by atoms with Gasteiger partial charge >= 0.3 is 0 Å². The van der Waals surface area contributed by atoms with Crippen LogP contribution >= 0.6 is 0 Å². The van der Waals surface area contributed by atoms with Crippen LogP contribution in [0.15, 0.2) is 58.5 Å². The van der Waals surface area contributed by atoms with Gasteiger partial charge in [-0.25, -0.2) is 12.8 Å². The van der Waals surface area contributed by atoms with Crippen LogP contribution in [0.2, 0.25) is 0 Å². The molecule has 0 radical (unpaired) electrons. The number of benzene rings is 2. The molecule has 28 heavy (non-hydrogen) atoms. The van der Waals surface area contributed by atoms with Gasteiger partial charge in [-0.3, -0.25) is 4.79 Å². The number of amides is 1. The lowest BCUT2D eigenvalue weighted by Crippen LogP contribution is -2.39. The van der Waals surface area contributed by atoms with Crippen LogP contribution in [0.4, 0.5) is 15.8 Å². The number of halogens is 1. The Morgan fingerprint density at radius 1 is 1.04 bits per heavy atom. The Morgan fingerprint density at radius 3 is 2.46 bits per heavy atom. The van der Waals surface area contributed by atoms with Gasteiger partial charge in [0.15, 0.2) is 4.91 Å². The SMILES string of the molecule is Cc1cc(N2C=C(C(=O)N3CCCCC3)S(=O)(=O)c3ccccc32)ccc1F. The minimum atomic E-state index is -3.94. The van der Waals surface area contributed by atoms with E-state index in [-0.39, 0.29) is 15.6 Å². The number of carbonyl (C=O) groups excluding carboxylic acids is 1. The molecule has 2 heterocycles. The maximum atomic E-state index is 13.7. The van der Waals surface area contributed by atoms with Gasteiger partial charge in [-0.05, 0) is 62.1 Å². The Balaban J connectivity index is 1.86. The van der Waals surface area contributed by atoms with Gasteiger partial charge in [0.2, 0.25) is 9.84 Å². The zero-order chi connectivity index (χ0) is 19.9. The van der Waals surface area contributed by atoms with E-state index < -0.39 is 15.7 Å². The summed E-state index contributed by atoms with van der Waals surface area (Å²) in [6.07, 6.45) is 4.16. The molecule has 0 saturated carbocycles. The van der Waals surface area contributed by atoms with Crippen molar-refractivity contribution < 1.29 is 17.6 Å². The molecule has 2 aliphatic rings. The van der Waals surface area contributed by atoms with E-state index in [1.54, 1.807) is 47.1 Å². The van der Waals surface area contributed by atoms with E-state index in [2.05, 4.69) is 0 Å². The first-order valence-electron chi connectivity index (χ1n) is 9.30. The average molecular weight is 400 g/mol. The van der Waals surface area contributed by atoms with Crippen molar-refractivity contribution in [2.24, 2.45) is 0 Å². The Labute approximate surface area is 164 Å². The van der Waals surface area contributed by atoms with Crippen LogP contribution in [0.1, 0.15) is 24.8 Å². The van der Waals surface area contributed by atoms with E-state index in [1.165, 1.54) is 18.3 Å². The van der Waals surface area contributed by atoms with Crippen molar-refractivity contribution >= 4 is 27.1 Å². The average Bonchev–Trinajstić information content (AvgIpc) is 2.71. The van der Waals surface area contributed by atoms with Crippen LogP contribution in [0.3, 0.4) is 0 Å². The standard InChI is InChI=1S/C21H21FN2O3S/c1-15-13-16(9-10-17(15)22)24-14-20(21(25)23-11-5-2-6-12-23)28(26,27)19-8-4-3-7-18(19)24/h3-4,7-10,13-14H,2,5-6,11-12H2,1H3. The summed E-state index contributed by atoms with van der Waals surface area (Å²) in [6, 6.07) is 11.1. The van der Waals surface area contributed by atoms with Crippen molar-refractivity contribution in [1.29, 1.82) is 0 Å². The van der Waals surface area contributed by atoms with Crippen molar-refractivity contribution in [3.8, 4) is 0 Å². The topological polar surface area (TPSA) is 57.7 Å². The number of nitrogens with zero attached hydrogens (tertiary/aromatic N) is 2. The summed E-state index contributed by atoms with van der Waals surface area (Å²) in [4.78, 5) is 16.2. The number of aryl methyl sites for hydroxylation is 1. The highest BCUT2D eigenvalue weighted by Crippen LogP contribution is 2.40. The predicted molar refractivity (Wildman–Crippen MR) is 105 cm³/mol. The number of para-hydroxylation sites is 1. The molecule has 1 fully saturated rings. The number of carbonyl (C=O) groups is 1. The maximum Gasteiger partial charge on any atom is 0.267 e. The monoisotopic (exact) mass is 400 g/mol. The van der Waals surface area contributed by atoms with E-state index in [1.807, 2.05) is 0 Å². The number of fused-ring (bicyclic) bond motifs is 1. The summed E-state index contributed by atoms with van der Waals surface area (Å²) in [6.45, 7) is 2.76. The van der Waals surface area contributed by atoms with E-state index >= 15 is 0 Å². The molecule has 2 aromatic rings. The van der Waals surface area contributed by atoms with Gasteiger partial charge in [0.05, 0.1) is 10.6 Å². The number of sulfone groups is 1. The maximum absolute atomic E-state index is 13.7. The van der Waals surface area contributed by atoms with E-state index in [9.17, 15) is 17.6 Å². The summed E-state index contributed by atoms with van der Waals surface area (Å²) in [5, 5.41) is 0. The van der Waals surface area contributed by atoms with Gasteiger partial charge in [-0.1, -0.05) is 12.1 Å². The first-order chi connectivity index (χ1) is 13.4. The molecular weight excluding hydrogens is 379 g/mol. The van der Waals surface area contributed by atoms with Gasteiger partial charge < -0.3 is 9.80 Å². The van der Waals surface area contributed by atoms with Crippen LogP contribution in [-0.2, 0) is 14.6 Å². The van der Waals surface area contributed by atoms with Crippen molar-refractivity contribution in [3.63, 3.8) is 0 Å². The third-order valence-corrected chi connectivity index (χ3v) is 7.01. The highest BCUT2D eigenvalue weighted by molar-refractivity contribution is 7.96. The Morgan fingerprint density at radius 2 is 1.75 bits per heavy atom. The third kappa shape index (κ3) is 3.09. The van der Waals surface area contributed by atoms with Gasteiger partial charge in [0.25, 0.3) is 5.91 Å². The second-order valence-corrected chi connectivity index (χ2v) is 9.01. The Bertz CT molecular complexity index is 1070. The summed E-state index contributed by atoms with van der Waals surface area (Å²) in [7, 11) is -3.94. The van der Waals surface area contributed by atoms with Crippen LogP contribution in [0, 0.1) is 12.7 Å². The van der Waals surface area contributed by atoms with Crippen molar-refractivity contribution in [2.45, 2.75) is 31.1 Å². The fourth-order valence-corrected chi connectivity index (χ4v) is 5.21. The number of rotatable bonds is 2. The fraction of sp³-hybridized carbons (Fsp3) is 0.286. The van der Waals surface area contributed by atoms with Gasteiger partial charge in [-0.15, -0.1) is 0 Å². The molecule has 0 spiro atoms. The molecule has 0 aromatic heterocycles. The highest BCUT2D eigenvalue weighted by Gasteiger charge is 2.37. The first kappa shape index (κ1) is 18.7. The van der Waals surface area contributed by atoms with Crippen molar-refractivity contribution in [1.82, 2.24) is 4.90 Å². The minimum absolute atomic E-state index is 0.0832. The molecule has 7 heteroatoms. The normalized spacial score (nSPS) is 18.4. The molecule has 0 unspecified atom stereocenters. The van der Waals surface area contributed by atoms with E-state index in [4.69, 9.17) is 0 Å². The molecule has 1 saturated heterocycles. The van der Waals surface area contributed by atoms with Crippen LogP contribution in [-0.4, -0.2) is 32.3 Å². The molecule has 0 N–H and O–H groups in total. The quantitative estimate of drug-likeness (QED) is 0.767. The largest absolute Gasteiger partial charge is 0.338 e. The molecule has 0 aliphatic carbocycles. The lowest BCUT2D eigenvalue weighted by atomic mass is 10.1. The molecule has 4 rings (SSSR count). The smallest absolute Gasteiger partial charge is 0.267 e. The zero-order valence-electron chi connectivity index (χ0n) is 15.6. The fourth-order valence-electron chi connectivity index (χ4n) is 3.67. The summed E-state index contributed by atoms with van der Waals surface area (Å²) in [5.74, 6) is -0.812. The van der Waals surface area contributed by atoms with Crippen molar-refractivity contribution in [3.05, 3.63) is 65.0 Å². The van der Waals surface area contributed by atoms with Gasteiger partial charge in [0.1, 0.15) is 5.82 Å². The lowest BCUT2D eigenvalue weighted by Gasteiger charge is -2.32. The van der Waals surface area contributed by atoms with E-state index in [0.29, 0.717) is 30.0 Å². The molecule has 0 atom stereocenters. The van der Waals surface area contributed by atoms with Gasteiger partial charge in [0, 0.05) is 25.0 Å². The highest BCUT2D eigenvalue weighted by atomic mass is 32.2. The minimum Gasteiger partial charge on any atom is -0.338 e. The number of piperidine rings is 1. The number of anilines is 2. The summed E-state index contributed by atoms with van der Waals surface area (Å²) >= 11 is 0. The zero-order valence-corrected chi connectivity index (χ0v) is 16.4.